The van der Waals surface area contributed by atoms with E-state index in [1.807, 2.05) is 0 Å². The van der Waals surface area contributed by atoms with E-state index in [1.165, 1.54) is 20.5 Å². The summed E-state index contributed by atoms with van der Waals surface area (Å²) in [6.07, 6.45) is 1.43. The number of methoxy groups -OCH3 is 2. The fourth-order valence-corrected chi connectivity index (χ4v) is 2.13. The number of nitrogens with zero attached hydrogens (tertiary/aromatic N) is 2. The lowest BCUT2D eigenvalue weighted by atomic mass is 10.2. The van der Waals surface area contributed by atoms with Gasteiger partial charge in [-0.3, -0.25) is 4.79 Å². The summed E-state index contributed by atoms with van der Waals surface area (Å²) in [7, 11) is 3.00. The SMILES string of the molecule is COc1ccc(NC(=O)Cn2nc(-c3ccco3)oc2=O)c(OC)c1. The highest BCUT2D eigenvalue weighted by molar-refractivity contribution is 5.92. The number of ether oxygens (including phenoxy) is 2. The summed E-state index contributed by atoms with van der Waals surface area (Å²) in [6.45, 7) is -0.321. The van der Waals surface area contributed by atoms with Crippen LogP contribution in [0, 0.1) is 0 Å². The fourth-order valence-electron chi connectivity index (χ4n) is 2.13. The van der Waals surface area contributed by atoms with Gasteiger partial charge in [-0.1, -0.05) is 0 Å². The molecule has 0 radical (unpaired) electrons. The monoisotopic (exact) mass is 345 g/mol. The van der Waals surface area contributed by atoms with Crippen molar-refractivity contribution in [3.05, 3.63) is 47.1 Å². The average molecular weight is 345 g/mol. The van der Waals surface area contributed by atoms with E-state index < -0.39 is 11.7 Å². The molecule has 9 heteroatoms. The van der Waals surface area contributed by atoms with E-state index in [0.717, 1.165) is 4.68 Å². The molecular weight excluding hydrogens is 330 g/mol. The molecule has 3 rings (SSSR count). The number of rotatable bonds is 6. The largest absolute Gasteiger partial charge is 0.497 e. The van der Waals surface area contributed by atoms with E-state index in [-0.39, 0.29) is 12.4 Å². The molecular formula is C16H15N3O6. The van der Waals surface area contributed by atoms with Crippen molar-refractivity contribution in [3.8, 4) is 23.1 Å². The lowest BCUT2D eigenvalue weighted by molar-refractivity contribution is -0.117. The molecule has 0 saturated carbocycles. The van der Waals surface area contributed by atoms with E-state index in [4.69, 9.17) is 18.3 Å². The molecule has 1 aromatic carbocycles. The molecule has 9 nitrogen and oxygen atoms in total. The Morgan fingerprint density at radius 3 is 2.80 bits per heavy atom. The first kappa shape index (κ1) is 16.4. The quantitative estimate of drug-likeness (QED) is 0.725. The third-order valence-corrected chi connectivity index (χ3v) is 3.31. The van der Waals surface area contributed by atoms with Gasteiger partial charge in [-0.05, 0) is 24.3 Å². The Kier molecular flexibility index (Phi) is 4.55. The van der Waals surface area contributed by atoms with Gasteiger partial charge >= 0.3 is 5.76 Å². The minimum absolute atomic E-state index is 0.00447. The molecule has 2 heterocycles. The molecule has 1 N–H and O–H groups in total. The van der Waals surface area contributed by atoms with Gasteiger partial charge in [-0.15, -0.1) is 5.10 Å². The first-order valence-electron chi connectivity index (χ1n) is 7.24. The number of anilines is 1. The predicted molar refractivity (Wildman–Crippen MR) is 86.6 cm³/mol. The number of carbonyl (C=O) groups excluding carboxylic acids is 1. The molecule has 0 fully saturated rings. The van der Waals surface area contributed by atoms with Gasteiger partial charge in [-0.2, -0.15) is 4.68 Å². The van der Waals surface area contributed by atoms with Crippen LogP contribution in [0.2, 0.25) is 0 Å². The molecule has 130 valence electrons. The van der Waals surface area contributed by atoms with Crippen molar-refractivity contribution in [1.29, 1.82) is 0 Å². The molecule has 0 aliphatic carbocycles. The second-order valence-electron chi connectivity index (χ2n) is 4.92. The molecule has 0 aliphatic rings. The summed E-state index contributed by atoms with van der Waals surface area (Å²) in [5.41, 5.74) is 0.441. The topological polar surface area (TPSA) is 109 Å². The Labute approximate surface area is 141 Å². The van der Waals surface area contributed by atoms with Crippen molar-refractivity contribution in [2.45, 2.75) is 6.54 Å². The van der Waals surface area contributed by atoms with Gasteiger partial charge in [0.05, 0.1) is 26.2 Å². The summed E-state index contributed by atoms with van der Waals surface area (Å²) in [5, 5.41) is 6.58. The number of benzene rings is 1. The van der Waals surface area contributed by atoms with Crippen LogP contribution in [0.3, 0.4) is 0 Å². The van der Waals surface area contributed by atoms with Crippen LogP contribution in [-0.2, 0) is 11.3 Å². The molecule has 0 bridgehead atoms. The van der Waals surface area contributed by atoms with Gasteiger partial charge in [0.15, 0.2) is 5.76 Å². The number of aromatic nitrogens is 2. The molecule has 0 atom stereocenters. The molecule has 0 saturated heterocycles. The van der Waals surface area contributed by atoms with Gasteiger partial charge in [0.1, 0.15) is 18.0 Å². The van der Waals surface area contributed by atoms with Gasteiger partial charge in [0, 0.05) is 6.07 Å². The molecule has 0 unspecified atom stereocenters. The predicted octanol–water partition coefficient (Wildman–Crippen LogP) is 1.75. The minimum Gasteiger partial charge on any atom is -0.497 e. The average Bonchev–Trinajstić information content (AvgIpc) is 3.25. The molecule has 25 heavy (non-hydrogen) atoms. The van der Waals surface area contributed by atoms with Crippen LogP contribution in [0.25, 0.3) is 11.7 Å². The normalized spacial score (nSPS) is 10.5. The Hall–Kier alpha value is -3.49. The van der Waals surface area contributed by atoms with Crippen molar-refractivity contribution in [3.63, 3.8) is 0 Å². The van der Waals surface area contributed by atoms with E-state index in [2.05, 4.69) is 10.4 Å². The number of hydrogen-bond acceptors (Lipinski definition) is 7. The highest BCUT2D eigenvalue weighted by Crippen LogP contribution is 2.28. The van der Waals surface area contributed by atoms with Crippen LogP contribution in [0.5, 0.6) is 11.5 Å². The van der Waals surface area contributed by atoms with E-state index in [1.54, 1.807) is 30.3 Å². The van der Waals surface area contributed by atoms with E-state index in [9.17, 15) is 9.59 Å². The van der Waals surface area contributed by atoms with Crippen LogP contribution in [0.15, 0.2) is 50.2 Å². The zero-order valence-electron chi connectivity index (χ0n) is 13.5. The molecule has 0 spiro atoms. The van der Waals surface area contributed by atoms with Gasteiger partial charge < -0.3 is 23.6 Å². The van der Waals surface area contributed by atoms with Crippen molar-refractivity contribution >= 4 is 11.6 Å². The highest BCUT2D eigenvalue weighted by Gasteiger charge is 2.16. The molecule has 1 amide bonds. The highest BCUT2D eigenvalue weighted by atomic mass is 16.5. The standard InChI is InChI=1S/C16H15N3O6/c1-22-10-5-6-11(13(8-10)23-2)17-14(20)9-19-16(21)25-15(18-19)12-4-3-7-24-12/h3-8H,9H2,1-2H3,(H,17,20). The van der Waals surface area contributed by atoms with Crippen LogP contribution >= 0.6 is 0 Å². The lowest BCUT2D eigenvalue weighted by Gasteiger charge is -2.11. The molecule has 0 aliphatic heterocycles. The van der Waals surface area contributed by atoms with Crippen LogP contribution in [0.4, 0.5) is 5.69 Å². The zero-order valence-corrected chi connectivity index (χ0v) is 13.5. The zero-order chi connectivity index (χ0) is 17.8. The van der Waals surface area contributed by atoms with Crippen LogP contribution < -0.4 is 20.5 Å². The third kappa shape index (κ3) is 3.55. The van der Waals surface area contributed by atoms with Gasteiger partial charge in [0.25, 0.3) is 5.89 Å². The Bertz CT molecular complexity index is 926. The maximum absolute atomic E-state index is 12.2. The second-order valence-corrected chi connectivity index (χ2v) is 4.92. The number of carbonyl (C=O) groups is 1. The third-order valence-electron chi connectivity index (χ3n) is 3.31. The number of furan rings is 1. The maximum atomic E-state index is 12.2. The second kappa shape index (κ2) is 6.95. The lowest BCUT2D eigenvalue weighted by Crippen LogP contribution is -2.26. The van der Waals surface area contributed by atoms with Crippen molar-refractivity contribution in [1.82, 2.24) is 9.78 Å². The fraction of sp³-hybridized carbons (Fsp3) is 0.188. The maximum Gasteiger partial charge on any atom is 0.437 e. The first-order valence-corrected chi connectivity index (χ1v) is 7.24. The first-order chi connectivity index (χ1) is 12.1. The summed E-state index contributed by atoms with van der Waals surface area (Å²) in [4.78, 5) is 24.0. The summed E-state index contributed by atoms with van der Waals surface area (Å²) < 4.78 is 21.3. The summed E-state index contributed by atoms with van der Waals surface area (Å²) >= 11 is 0. The summed E-state index contributed by atoms with van der Waals surface area (Å²) in [6, 6.07) is 8.17. The van der Waals surface area contributed by atoms with Crippen molar-refractivity contribution < 1.29 is 23.1 Å². The molecule has 2 aromatic heterocycles. The molecule has 3 aromatic rings. The Morgan fingerprint density at radius 1 is 1.28 bits per heavy atom. The van der Waals surface area contributed by atoms with Gasteiger partial charge in [0.2, 0.25) is 5.91 Å². The van der Waals surface area contributed by atoms with Crippen molar-refractivity contribution in [2.24, 2.45) is 0 Å². The van der Waals surface area contributed by atoms with E-state index in [0.29, 0.717) is 22.9 Å². The Balaban J connectivity index is 1.74. The Morgan fingerprint density at radius 2 is 2.12 bits per heavy atom. The smallest absolute Gasteiger partial charge is 0.437 e. The number of nitrogens with one attached hydrogen (secondary N) is 1. The van der Waals surface area contributed by atoms with Crippen molar-refractivity contribution in [2.75, 3.05) is 19.5 Å². The van der Waals surface area contributed by atoms with Gasteiger partial charge in [-0.25, -0.2) is 4.79 Å². The van der Waals surface area contributed by atoms with E-state index >= 15 is 0 Å². The van der Waals surface area contributed by atoms with Crippen LogP contribution in [-0.4, -0.2) is 29.9 Å². The minimum atomic E-state index is -0.761. The van der Waals surface area contributed by atoms with Crippen LogP contribution in [0.1, 0.15) is 0 Å². The summed E-state index contributed by atoms with van der Waals surface area (Å²) in [5.74, 6) is 0.0909. The number of amides is 1. The number of hydrogen-bond donors (Lipinski definition) is 1.